The fraction of sp³-hybridized carbons (Fsp3) is 0.591. The summed E-state index contributed by atoms with van der Waals surface area (Å²) in [6.45, 7) is 2.05. The molecule has 5 nitrogen and oxygen atoms in total. The predicted molar refractivity (Wildman–Crippen MR) is 119 cm³/mol. The summed E-state index contributed by atoms with van der Waals surface area (Å²) in [5.74, 6) is -1.08. The van der Waals surface area contributed by atoms with Gasteiger partial charge in [-0.1, -0.05) is 24.3 Å². The van der Waals surface area contributed by atoms with Crippen molar-refractivity contribution in [1.82, 2.24) is 0 Å². The third-order valence-corrected chi connectivity index (χ3v) is 7.60. The summed E-state index contributed by atoms with van der Waals surface area (Å²) < 4.78 is 1.12. The van der Waals surface area contributed by atoms with Gasteiger partial charge in [0.2, 0.25) is 0 Å². The molecule has 1 fully saturated rings. The van der Waals surface area contributed by atoms with Crippen LogP contribution in [0.3, 0.4) is 0 Å². The Balaban J connectivity index is 1.83. The van der Waals surface area contributed by atoms with E-state index in [2.05, 4.69) is 22.0 Å². The summed E-state index contributed by atoms with van der Waals surface area (Å²) in [6, 6.07) is 2.13. The predicted octanol–water partition coefficient (Wildman–Crippen LogP) is 4.23. The van der Waals surface area contributed by atoms with Gasteiger partial charge in [-0.2, -0.15) is 0 Å². The second-order valence-electron chi connectivity index (χ2n) is 7.77. The number of aliphatic hydroxyl groups excluding tert-OH is 3. The van der Waals surface area contributed by atoms with Crippen LogP contribution in [0.5, 0.6) is 0 Å². The Bertz CT molecular complexity index is 695. The van der Waals surface area contributed by atoms with Gasteiger partial charge in [0.15, 0.2) is 0 Å². The molecule has 4 N–H and O–H groups in total. The third-order valence-electron chi connectivity index (χ3n) is 5.40. The molecule has 1 aromatic rings. The zero-order chi connectivity index (χ0) is 21.4. The molecule has 29 heavy (non-hydrogen) atoms. The lowest BCUT2D eigenvalue weighted by molar-refractivity contribution is -0.137. The topological polar surface area (TPSA) is 98.0 Å². The number of thiophene rings is 1. The highest BCUT2D eigenvalue weighted by Gasteiger charge is 2.39. The van der Waals surface area contributed by atoms with E-state index in [-0.39, 0.29) is 18.3 Å². The molecule has 162 valence electrons. The molecule has 7 heteroatoms. The Morgan fingerprint density at radius 2 is 2.10 bits per heavy atom. The van der Waals surface area contributed by atoms with Crippen molar-refractivity contribution < 1.29 is 25.2 Å². The van der Waals surface area contributed by atoms with Crippen molar-refractivity contribution in [2.75, 3.05) is 0 Å². The van der Waals surface area contributed by atoms with Crippen LogP contribution in [0, 0.1) is 18.8 Å². The summed E-state index contributed by atoms with van der Waals surface area (Å²) in [5.41, 5.74) is 1.21. The molecule has 0 radical (unpaired) electrons. The van der Waals surface area contributed by atoms with Gasteiger partial charge in [-0.25, -0.2) is 0 Å². The van der Waals surface area contributed by atoms with Crippen LogP contribution in [0.25, 0.3) is 0 Å². The Kier molecular flexibility index (Phi) is 10.1. The molecule has 1 aromatic heterocycles. The van der Waals surface area contributed by atoms with Gasteiger partial charge in [0.25, 0.3) is 0 Å². The van der Waals surface area contributed by atoms with E-state index in [1.807, 2.05) is 25.2 Å². The van der Waals surface area contributed by atoms with Crippen molar-refractivity contribution >= 4 is 33.2 Å². The zero-order valence-corrected chi connectivity index (χ0v) is 19.1. The number of halogens is 1. The lowest BCUT2D eigenvalue weighted by Gasteiger charge is -2.19. The summed E-state index contributed by atoms with van der Waals surface area (Å²) in [7, 11) is 0. The van der Waals surface area contributed by atoms with Crippen LogP contribution in [0.1, 0.15) is 49.0 Å². The quantitative estimate of drug-likeness (QED) is 0.277. The minimum Gasteiger partial charge on any atom is -0.481 e. The van der Waals surface area contributed by atoms with Crippen LogP contribution in [-0.4, -0.2) is 44.7 Å². The molecule has 0 amide bonds. The number of hydrogen-bond acceptors (Lipinski definition) is 5. The Morgan fingerprint density at radius 3 is 2.76 bits per heavy atom. The van der Waals surface area contributed by atoms with E-state index < -0.39 is 24.3 Å². The molecule has 1 saturated carbocycles. The smallest absolute Gasteiger partial charge is 0.303 e. The first-order valence-corrected chi connectivity index (χ1v) is 11.7. The summed E-state index contributed by atoms with van der Waals surface area (Å²) in [4.78, 5) is 11.7. The number of allylic oxidation sites excluding steroid dienone is 2. The second-order valence-corrected chi connectivity index (χ2v) is 10.2. The van der Waals surface area contributed by atoms with Crippen molar-refractivity contribution in [1.29, 1.82) is 0 Å². The van der Waals surface area contributed by atoms with Gasteiger partial charge in [0.05, 0.1) is 22.1 Å². The minimum atomic E-state index is -0.793. The molecule has 0 bridgehead atoms. The fourth-order valence-electron chi connectivity index (χ4n) is 3.74. The van der Waals surface area contributed by atoms with Crippen molar-refractivity contribution in [3.05, 3.63) is 44.6 Å². The fourth-order valence-corrected chi connectivity index (χ4v) is 5.38. The zero-order valence-electron chi connectivity index (χ0n) is 16.7. The number of carbonyl (C=O) groups is 1. The van der Waals surface area contributed by atoms with Gasteiger partial charge >= 0.3 is 5.97 Å². The number of unbranched alkanes of at least 4 members (excludes halogenated alkanes) is 1. The molecule has 0 saturated heterocycles. The molecule has 1 heterocycles. The van der Waals surface area contributed by atoms with Crippen molar-refractivity contribution in [3.63, 3.8) is 0 Å². The van der Waals surface area contributed by atoms with Crippen molar-refractivity contribution in [2.45, 2.75) is 70.2 Å². The van der Waals surface area contributed by atoms with E-state index in [4.69, 9.17) is 5.11 Å². The molecular formula is C22H31BrO5S. The van der Waals surface area contributed by atoms with Gasteiger partial charge < -0.3 is 20.4 Å². The Labute approximate surface area is 184 Å². The standard InChI is InChI=1S/C22H31BrO5S/c1-14-12-16(29-22(14)23)10-8-15(24)9-11-18-17(19(25)13-20(18)26)6-4-2-3-5-7-21(27)28/h2,4,9,11-12,15,17-20,24-26H,3,5-8,10,13H2,1H3,(H,27,28)/t15?,17-,18-,19?,20?/m1/s1. The summed E-state index contributed by atoms with van der Waals surface area (Å²) in [5, 5.41) is 39.5. The van der Waals surface area contributed by atoms with Crippen LogP contribution < -0.4 is 0 Å². The second kappa shape index (κ2) is 12.0. The van der Waals surface area contributed by atoms with E-state index in [9.17, 15) is 20.1 Å². The van der Waals surface area contributed by atoms with Crippen LogP contribution >= 0.6 is 27.3 Å². The van der Waals surface area contributed by atoms with Gasteiger partial charge in [0.1, 0.15) is 0 Å². The lowest BCUT2D eigenvalue weighted by Crippen LogP contribution is -2.20. The highest BCUT2D eigenvalue weighted by atomic mass is 79.9. The number of aliphatic carboxylic acids is 1. The van der Waals surface area contributed by atoms with Crippen LogP contribution in [0.15, 0.2) is 34.2 Å². The van der Waals surface area contributed by atoms with Gasteiger partial charge in [-0.05, 0) is 72.5 Å². The maximum atomic E-state index is 10.5. The SMILES string of the molecule is Cc1cc(CCC(O)C=C[C@H]2C(O)CC(O)[C@@H]2CC=CCCCC(=O)O)sc1Br. The molecular weight excluding hydrogens is 456 g/mol. The number of carboxylic acids is 1. The minimum absolute atomic E-state index is 0.0972. The monoisotopic (exact) mass is 486 g/mol. The molecule has 0 spiro atoms. The third kappa shape index (κ3) is 7.98. The Morgan fingerprint density at radius 1 is 1.34 bits per heavy atom. The number of rotatable bonds is 11. The Hall–Kier alpha value is -0.990. The molecule has 1 aliphatic rings. The van der Waals surface area contributed by atoms with E-state index in [0.29, 0.717) is 32.1 Å². The van der Waals surface area contributed by atoms with E-state index in [0.717, 1.165) is 10.2 Å². The van der Waals surface area contributed by atoms with Crippen molar-refractivity contribution in [3.8, 4) is 0 Å². The molecule has 1 aliphatic carbocycles. The number of carboxylic acid groups (broad SMARTS) is 1. The normalized spacial score (nSPS) is 26.0. The first-order chi connectivity index (χ1) is 13.8. The summed E-state index contributed by atoms with van der Waals surface area (Å²) in [6.07, 6.45) is 9.52. The van der Waals surface area contributed by atoms with Gasteiger partial charge in [-0.3, -0.25) is 4.79 Å². The highest BCUT2D eigenvalue weighted by molar-refractivity contribution is 9.11. The lowest BCUT2D eigenvalue weighted by atomic mass is 9.89. The van der Waals surface area contributed by atoms with Crippen LogP contribution in [0.4, 0.5) is 0 Å². The average Bonchev–Trinajstić information content (AvgIpc) is 3.11. The maximum absolute atomic E-state index is 10.5. The maximum Gasteiger partial charge on any atom is 0.303 e. The van der Waals surface area contributed by atoms with E-state index >= 15 is 0 Å². The first kappa shape index (κ1) is 24.3. The van der Waals surface area contributed by atoms with Gasteiger partial charge in [-0.15, -0.1) is 11.3 Å². The van der Waals surface area contributed by atoms with Gasteiger partial charge in [0, 0.05) is 23.6 Å². The molecule has 0 aromatic carbocycles. The molecule has 3 unspecified atom stereocenters. The molecule has 0 aliphatic heterocycles. The number of aliphatic hydroxyl groups is 3. The number of hydrogen-bond donors (Lipinski definition) is 4. The van der Waals surface area contributed by atoms with E-state index in [1.165, 1.54) is 10.4 Å². The molecule has 2 rings (SSSR count). The van der Waals surface area contributed by atoms with E-state index in [1.54, 1.807) is 17.4 Å². The van der Waals surface area contributed by atoms with Crippen LogP contribution in [-0.2, 0) is 11.2 Å². The average molecular weight is 487 g/mol. The summed E-state index contributed by atoms with van der Waals surface area (Å²) >= 11 is 5.20. The first-order valence-electron chi connectivity index (χ1n) is 10.1. The largest absolute Gasteiger partial charge is 0.481 e. The van der Waals surface area contributed by atoms with Crippen LogP contribution in [0.2, 0.25) is 0 Å². The number of aryl methyl sites for hydroxylation is 2. The van der Waals surface area contributed by atoms with Crippen molar-refractivity contribution in [2.24, 2.45) is 11.8 Å². The molecule has 5 atom stereocenters. The highest BCUT2D eigenvalue weighted by Crippen LogP contribution is 2.36.